The first-order valence-corrected chi connectivity index (χ1v) is 8.51. The summed E-state index contributed by atoms with van der Waals surface area (Å²) < 4.78 is 24.9. The van der Waals surface area contributed by atoms with Gasteiger partial charge in [-0.25, -0.2) is 4.21 Å². The van der Waals surface area contributed by atoms with Crippen LogP contribution in [0.1, 0.15) is 42.5 Å². The summed E-state index contributed by atoms with van der Waals surface area (Å²) in [5.74, 6) is 0.763. The fourth-order valence-corrected chi connectivity index (χ4v) is 2.75. The molecule has 0 aromatic heterocycles. The van der Waals surface area contributed by atoms with Gasteiger partial charge in [-0.3, -0.25) is 4.79 Å². The number of hydrogen-bond acceptors (Lipinski definition) is 3. The van der Waals surface area contributed by atoms with E-state index in [1.54, 1.807) is 24.3 Å². The number of benzene rings is 1. The molecule has 1 atom stereocenters. The molecule has 0 radical (unpaired) electrons. The van der Waals surface area contributed by atoms with Gasteiger partial charge in [0.1, 0.15) is 11.6 Å². The summed E-state index contributed by atoms with van der Waals surface area (Å²) in [5, 5.41) is 2.37. The van der Waals surface area contributed by atoms with Gasteiger partial charge < -0.3 is 14.6 Å². The molecule has 1 unspecified atom stereocenters. The van der Waals surface area contributed by atoms with E-state index in [9.17, 15) is 9.00 Å². The Balaban J connectivity index is 1.80. The average molecular weight is 311 g/mol. The van der Waals surface area contributed by atoms with Gasteiger partial charge in [-0.15, -0.1) is 0 Å². The molecule has 0 spiro atoms. The minimum Gasteiger partial charge on any atom is -0.493 e. The number of rotatable bonds is 6. The van der Waals surface area contributed by atoms with Crippen LogP contribution >= 0.6 is 0 Å². The van der Waals surface area contributed by atoms with Crippen molar-refractivity contribution in [1.82, 2.24) is 5.32 Å². The predicted molar refractivity (Wildman–Crippen MR) is 81.6 cm³/mol. The van der Waals surface area contributed by atoms with E-state index in [1.165, 1.54) is 32.1 Å². The van der Waals surface area contributed by atoms with Crippen molar-refractivity contribution in [3.8, 4) is 5.75 Å². The molecule has 1 aromatic carbocycles. The highest BCUT2D eigenvalue weighted by molar-refractivity contribution is 7.79. The first-order valence-electron chi connectivity index (χ1n) is 7.23. The average Bonchev–Trinajstić information content (AvgIpc) is 2.52. The molecule has 0 saturated heterocycles. The molecule has 1 fully saturated rings. The van der Waals surface area contributed by atoms with Gasteiger partial charge in [0.25, 0.3) is 5.91 Å². The van der Waals surface area contributed by atoms with Gasteiger partial charge in [-0.05, 0) is 43.0 Å². The first kappa shape index (κ1) is 16.0. The molecule has 2 N–H and O–H groups in total. The lowest BCUT2D eigenvalue weighted by molar-refractivity contribution is 0.0959. The van der Waals surface area contributed by atoms with Gasteiger partial charge in [0.2, 0.25) is 0 Å². The Kier molecular flexibility index (Phi) is 6.20. The molecule has 1 aromatic rings. The van der Waals surface area contributed by atoms with Crippen LogP contribution in [0.2, 0.25) is 0 Å². The second-order valence-electron chi connectivity index (χ2n) is 5.31. The number of carbonyl (C=O) groups is 1. The SMILES string of the molecule is O=C(NCS(=O)O)c1ccc(OCC2CCCCC2)cc1. The standard InChI is InChI=1S/C15H21NO4S/c17-15(16-11-21(18)19)13-6-8-14(9-7-13)20-10-12-4-2-1-3-5-12/h6-9,12H,1-5,10-11H2,(H,16,17)(H,18,19). The van der Waals surface area contributed by atoms with E-state index in [-0.39, 0.29) is 11.8 Å². The Labute approximate surface area is 127 Å². The molecular weight excluding hydrogens is 290 g/mol. The zero-order chi connectivity index (χ0) is 15.1. The lowest BCUT2D eigenvalue weighted by atomic mass is 9.90. The second kappa shape index (κ2) is 8.14. The summed E-state index contributed by atoms with van der Waals surface area (Å²) in [4.78, 5) is 11.7. The third-order valence-electron chi connectivity index (χ3n) is 3.68. The quantitative estimate of drug-likeness (QED) is 0.792. The van der Waals surface area contributed by atoms with E-state index in [0.717, 1.165) is 12.4 Å². The van der Waals surface area contributed by atoms with Crippen molar-refractivity contribution in [3.05, 3.63) is 29.8 Å². The van der Waals surface area contributed by atoms with Crippen LogP contribution in [0.3, 0.4) is 0 Å². The maximum Gasteiger partial charge on any atom is 0.252 e. The van der Waals surface area contributed by atoms with E-state index in [4.69, 9.17) is 9.29 Å². The normalized spacial score (nSPS) is 17.2. The van der Waals surface area contributed by atoms with Crippen LogP contribution in [0.15, 0.2) is 24.3 Å². The highest BCUT2D eigenvalue weighted by atomic mass is 32.2. The Bertz CT molecular complexity index is 483. The van der Waals surface area contributed by atoms with Crippen LogP contribution in [-0.2, 0) is 11.1 Å². The molecule has 0 heterocycles. The lowest BCUT2D eigenvalue weighted by Gasteiger charge is -2.21. The molecule has 6 heteroatoms. The summed E-state index contributed by atoms with van der Waals surface area (Å²) in [5.41, 5.74) is 0.450. The van der Waals surface area contributed by atoms with Crippen LogP contribution in [0.5, 0.6) is 5.75 Å². The lowest BCUT2D eigenvalue weighted by Crippen LogP contribution is -2.26. The largest absolute Gasteiger partial charge is 0.493 e. The Morgan fingerprint density at radius 3 is 2.52 bits per heavy atom. The van der Waals surface area contributed by atoms with E-state index >= 15 is 0 Å². The van der Waals surface area contributed by atoms with Crippen LogP contribution in [-0.4, -0.2) is 27.2 Å². The fraction of sp³-hybridized carbons (Fsp3) is 0.533. The molecule has 1 saturated carbocycles. The Morgan fingerprint density at radius 2 is 1.90 bits per heavy atom. The van der Waals surface area contributed by atoms with Crippen molar-refractivity contribution in [2.24, 2.45) is 5.92 Å². The van der Waals surface area contributed by atoms with Crippen molar-refractivity contribution >= 4 is 17.0 Å². The van der Waals surface area contributed by atoms with Gasteiger partial charge in [-0.2, -0.15) is 0 Å². The number of amides is 1. The van der Waals surface area contributed by atoms with Gasteiger partial charge in [0.15, 0.2) is 11.1 Å². The molecule has 1 amide bonds. The fourth-order valence-electron chi connectivity index (χ4n) is 2.50. The zero-order valence-electron chi connectivity index (χ0n) is 11.9. The van der Waals surface area contributed by atoms with Crippen molar-refractivity contribution in [1.29, 1.82) is 0 Å². The minimum atomic E-state index is -2.03. The Morgan fingerprint density at radius 1 is 1.24 bits per heavy atom. The molecule has 0 bridgehead atoms. The molecular formula is C15H21NO4S. The van der Waals surface area contributed by atoms with E-state index in [2.05, 4.69) is 5.32 Å². The number of nitrogens with one attached hydrogen (secondary N) is 1. The van der Waals surface area contributed by atoms with Crippen molar-refractivity contribution in [2.45, 2.75) is 32.1 Å². The summed E-state index contributed by atoms with van der Waals surface area (Å²) in [7, 11) is 0. The van der Waals surface area contributed by atoms with Crippen LogP contribution < -0.4 is 10.1 Å². The number of ether oxygens (including phenoxy) is 1. The van der Waals surface area contributed by atoms with E-state index in [0.29, 0.717) is 11.5 Å². The van der Waals surface area contributed by atoms with Gasteiger partial charge in [-0.1, -0.05) is 19.3 Å². The molecule has 1 aliphatic carbocycles. The number of carbonyl (C=O) groups excluding carboxylic acids is 1. The smallest absolute Gasteiger partial charge is 0.252 e. The summed E-state index contributed by atoms with van der Waals surface area (Å²) in [6, 6.07) is 6.83. The molecule has 21 heavy (non-hydrogen) atoms. The summed E-state index contributed by atoms with van der Waals surface area (Å²) in [6.07, 6.45) is 6.38. The maximum absolute atomic E-state index is 11.7. The Hall–Kier alpha value is -1.40. The first-order chi connectivity index (χ1) is 10.1. The van der Waals surface area contributed by atoms with Crippen LogP contribution in [0.25, 0.3) is 0 Å². The predicted octanol–water partition coefficient (Wildman–Crippen LogP) is 2.55. The van der Waals surface area contributed by atoms with Gasteiger partial charge in [0.05, 0.1) is 6.61 Å². The number of hydrogen-bond donors (Lipinski definition) is 2. The molecule has 0 aliphatic heterocycles. The van der Waals surface area contributed by atoms with Gasteiger partial charge in [0, 0.05) is 5.56 Å². The van der Waals surface area contributed by atoms with E-state index in [1.807, 2.05) is 0 Å². The second-order valence-corrected chi connectivity index (χ2v) is 6.24. The molecule has 5 nitrogen and oxygen atoms in total. The topological polar surface area (TPSA) is 75.6 Å². The summed E-state index contributed by atoms with van der Waals surface area (Å²) >= 11 is -2.03. The zero-order valence-corrected chi connectivity index (χ0v) is 12.7. The third kappa shape index (κ3) is 5.47. The highest BCUT2D eigenvalue weighted by Crippen LogP contribution is 2.24. The van der Waals surface area contributed by atoms with Crippen molar-refractivity contribution in [2.75, 3.05) is 12.5 Å². The van der Waals surface area contributed by atoms with Gasteiger partial charge >= 0.3 is 0 Å². The molecule has 1 aliphatic rings. The summed E-state index contributed by atoms with van der Waals surface area (Å²) in [6.45, 7) is 0.731. The monoisotopic (exact) mass is 311 g/mol. The third-order valence-corrected chi connectivity index (χ3v) is 4.07. The van der Waals surface area contributed by atoms with E-state index < -0.39 is 11.1 Å². The van der Waals surface area contributed by atoms with Crippen LogP contribution in [0.4, 0.5) is 0 Å². The molecule has 2 rings (SSSR count). The van der Waals surface area contributed by atoms with Crippen molar-refractivity contribution in [3.63, 3.8) is 0 Å². The minimum absolute atomic E-state index is 0.265. The maximum atomic E-state index is 11.7. The molecule has 116 valence electrons. The highest BCUT2D eigenvalue weighted by Gasteiger charge is 2.14. The van der Waals surface area contributed by atoms with Crippen molar-refractivity contribution < 1.29 is 18.3 Å². The van der Waals surface area contributed by atoms with Crippen LogP contribution in [0, 0.1) is 5.92 Å².